The van der Waals surface area contributed by atoms with Gasteiger partial charge in [-0.1, -0.05) is 19.1 Å². The first-order valence-corrected chi connectivity index (χ1v) is 6.73. The summed E-state index contributed by atoms with van der Waals surface area (Å²) < 4.78 is 2.30. The molecular formula is C16H21NO2. The van der Waals surface area contributed by atoms with E-state index in [-0.39, 0.29) is 5.92 Å². The number of rotatable bonds is 4. The first kappa shape index (κ1) is 13.7. The van der Waals surface area contributed by atoms with Crippen LogP contribution >= 0.6 is 0 Å². The minimum Gasteiger partial charge on any atom is -0.481 e. The van der Waals surface area contributed by atoms with E-state index in [9.17, 15) is 4.79 Å². The molecule has 3 heteroatoms. The summed E-state index contributed by atoms with van der Waals surface area (Å²) in [5.41, 5.74) is 3.53. The zero-order chi connectivity index (χ0) is 14.2. The smallest absolute Gasteiger partial charge is 0.306 e. The Balaban J connectivity index is 2.44. The Kier molecular flexibility index (Phi) is 3.65. The zero-order valence-corrected chi connectivity index (χ0v) is 12.0. The highest BCUT2D eigenvalue weighted by Crippen LogP contribution is 2.25. The molecule has 19 heavy (non-hydrogen) atoms. The first-order chi connectivity index (χ1) is 8.90. The van der Waals surface area contributed by atoms with Crippen LogP contribution < -0.4 is 0 Å². The van der Waals surface area contributed by atoms with Crippen molar-refractivity contribution in [2.45, 2.75) is 40.2 Å². The van der Waals surface area contributed by atoms with Crippen LogP contribution in [0.5, 0.6) is 0 Å². The van der Waals surface area contributed by atoms with E-state index < -0.39 is 5.97 Å². The highest BCUT2D eigenvalue weighted by atomic mass is 16.4. The van der Waals surface area contributed by atoms with Crippen molar-refractivity contribution in [2.24, 2.45) is 5.92 Å². The minimum atomic E-state index is -0.740. The lowest BCUT2D eigenvalue weighted by Crippen LogP contribution is -2.12. The van der Waals surface area contributed by atoms with Crippen molar-refractivity contribution in [3.8, 4) is 0 Å². The molecule has 0 amide bonds. The normalized spacial score (nSPS) is 13.1. The summed E-state index contributed by atoms with van der Waals surface area (Å²) in [6, 6.07) is 8.84. The fourth-order valence-electron chi connectivity index (χ4n) is 2.66. The molecule has 2 aromatic rings. The molecule has 1 N–H and O–H groups in total. The highest BCUT2D eigenvalue weighted by molar-refractivity contribution is 5.82. The highest BCUT2D eigenvalue weighted by Gasteiger charge is 2.13. The van der Waals surface area contributed by atoms with Gasteiger partial charge >= 0.3 is 5.97 Å². The molecule has 0 aliphatic heterocycles. The van der Waals surface area contributed by atoms with Crippen LogP contribution in [0.1, 0.15) is 38.1 Å². The van der Waals surface area contributed by atoms with E-state index >= 15 is 0 Å². The number of hydrogen-bond acceptors (Lipinski definition) is 1. The van der Waals surface area contributed by atoms with Crippen LogP contribution in [0, 0.1) is 12.8 Å². The van der Waals surface area contributed by atoms with Crippen LogP contribution in [-0.2, 0) is 11.2 Å². The van der Waals surface area contributed by atoms with Crippen LogP contribution in [0.4, 0.5) is 0 Å². The molecule has 0 saturated heterocycles. The second kappa shape index (κ2) is 5.08. The van der Waals surface area contributed by atoms with Crippen molar-refractivity contribution in [1.82, 2.24) is 4.57 Å². The summed E-state index contributed by atoms with van der Waals surface area (Å²) in [7, 11) is 0. The number of hydrogen-bond donors (Lipinski definition) is 1. The lowest BCUT2D eigenvalue weighted by atomic mass is 10.0. The van der Waals surface area contributed by atoms with Crippen molar-refractivity contribution in [3.63, 3.8) is 0 Å². The molecule has 0 saturated carbocycles. The van der Waals surface area contributed by atoms with Crippen LogP contribution in [0.25, 0.3) is 10.9 Å². The fraction of sp³-hybridized carbons (Fsp3) is 0.438. The lowest BCUT2D eigenvalue weighted by molar-refractivity contribution is -0.141. The lowest BCUT2D eigenvalue weighted by Gasteiger charge is -2.13. The quantitative estimate of drug-likeness (QED) is 0.907. The van der Waals surface area contributed by atoms with Crippen molar-refractivity contribution < 1.29 is 9.90 Å². The molecule has 2 rings (SSSR count). The van der Waals surface area contributed by atoms with Gasteiger partial charge in [0.1, 0.15) is 0 Å². The monoisotopic (exact) mass is 259 g/mol. The van der Waals surface area contributed by atoms with Gasteiger partial charge in [0.05, 0.1) is 5.92 Å². The standard InChI is InChI=1S/C16H21NO2/c1-10(2)17-12(4)8-14-6-5-13(9-15(14)17)7-11(3)16(18)19/h5-6,8-11H,7H2,1-4H3,(H,18,19). The van der Waals surface area contributed by atoms with E-state index in [4.69, 9.17) is 5.11 Å². The summed E-state index contributed by atoms with van der Waals surface area (Å²) in [6.45, 7) is 8.19. The molecular weight excluding hydrogens is 238 g/mol. The Morgan fingerprint density at radius 3 is 2.53 bits per heavy atom. The van der Waals surface area contributed by atoms with Crippen molar-refractivity contribution in [1.29, 1.82) is 0 Å². The van der Waals surface area contributed by atoms with Crippen molar-refractivity contribution in [2.75, 3.05) is 0 Å². The first-order valence-electron chi connectivity index (χ1n) is 6.73. The molecule has 0 bridgehead atoms. The second-order valence-corrected chi connectivity index (χ2v) is 5.59. The van der Waals surface area contributed by atoms with Gasteiger partial charge in [-0.3, -0.25) is 4.79 Å². The van der Waals surface area contributed by atoms with E-state index in [1.165, 1.54) is 16.6 Å². The number of aliphatic carboxylic acids is 1. The van der Waals surface area contributed by atoms with Crippen LogP contribution in [0.3, 0.4) is 0 Å². The maximum absolute atomic E-state index is 10.9. The summed E-state index contributed by atoms with van der Waals surface area (Å²) in [5, 5.41) is 10.2. The van der Waals surface area contributed by atoms with Gasteiger partial charge < -0.3 is 9.67 Å². The largest absolute Gasteiger partial charge is 0.481 e. The van der Waals surface area contributed by atoms with Gasteiger partial charge in [-0.05, 0) is 50.3 Å². The second-order valence-electron chi connectivity index (χ2n) is 5.59. The third-order valence-electron chi connectivity index (χ3n) is 3.58. The van der Waals surface area contributed by atoms with Gasteiger partial charge in [-0.15, -0.1) is 0 Å². The Labute approximate surface area is 113 Å². The topological polar surface area (TPSA) is 42.2 Å². The van der Waals surface area contributed by atoms with E-state index in [1.807, 2.05) is 6.07 Å². The molecule has 3 nitrogen and oxygen atoms in total. The van der Waals surface area contributed by atoms with Gasteiger partial charge in [0.2, 0.25) is 0 Å². The summed E-state index contributed by atoms with van der Waals surface area (Å²) in [6.07, 6.45) is 0.577. The molecule has 1 unspecified atom stereocenters. The number of carbonyl (C=O) groups is 1. The van der Waals surface area contributed by atoms with Crippen molar-refractivity contribution in [3.05, 3.63) is 35.5 Å². The fourth-order valence-corrected chi connectivity index (χ4v) is 2.66. The molecule has 102 valence electrons. The SMILES string of the molecule is Cc1cc2ccc(CC(C)C(=O)O)cc2n1C(C)C. The number of carboxylic acid groups (broad SMARTS) is 1. The third kappa shape index (κ3) is 2.65. The van der Waals surface area contributed by atoms with Gasteiger partial charge in [0.15, 0.2) is 0 Å². The van der Waals surface area contributed by atoms with E-state index in [0.29, 0.717) is 12.5 Å². The third-order valence-corrected chi connectivity index (χ3v) is 3.58. The molecule has 1 atom stereocenters. The Morgan fingerprint density at radius 2 is 1.95 bits per heavy atom. The summed E-state index contributed by atoms with van der Waals surface area (Å²) in [5.74, 6) is -1.09. The van der Waals surface area contributed by atoms with Gasteiger partial charge in [-0.25, -0.2) is 0 Å². The predicted octanol–water partition coefficient (Wildman–Crippen LogP) is 3.79. The number of aryl methyl sites for hydroxylation is 1. The Hall–Kier alpha value is -1.77. The molecule has 1 aromatic heterocycles. The van der Waals surface area contributed by atoms with Gasteiger partial charge in [0.25, 0.3) is 0 Å². The Bertz CT molecular complexity index is 610. The van der Waals surface area contributed by atoms with Crippen LogP contribution in [0.15, 0.2) is 24.3 Å². The van der Waals surface area contributed by atoms with E-state index in [0.717, 1.165) is 5.56 Å². The minimum absolute atomic E-state index is 0.346. The molecule has 0 spiro atoms. The van der Waals surface area contributed by atoms with Gasteiger partial charge in [-0.2, -0.15) is 0 Å². The Morgan fingerprint density at radius 1 is 1.26 bits per heavy atom. The molecule has 1 heterocycles. The van der Waals surface area contributed by atoms with E-state index in [1.54, 1.807) is 6.92 Å². The number of benzene rings is 1. The molecule has 0 aliphatic rings. The molecule has 0 aliphatic carbocycles. The van der Waals surface area contributed by atoms with E-state index in [2.05, 4.69) is 43.5 Å². The van der Waals surface area contributed by atoms with Crippen LogP contribution in [0.2, 0.25) is 0 Å². The average Bonchev–Trinajstić information content (AvgIpc) is 2.64. The van der Waals surface area contributed by atoms with Crippen LogP contribution in [-0.4, -0.2) is 15.6 Å². The number of aromatic nitrogens is 1. The van der Waals surface area contributed by atoms with Crippen molar-refractivity contribution >= 4 is 16.9 Å². The summed E-state index contributed by atoms with van der Waals surface area (Å²) in [4.78, 5) is 10.9. The maximum Gasteiger partial charge on any atom is 0.306 e. The van der Waals surface area contributed by atoms with Gasteiger partial charge in [0, 0.05) is 17.3 Å². The number of carboxylic acids is 1. The summed E-state index contributed by atoms with van der Waals surface area (Å²) >= 11 is 0. The molecule has 0 fully saturated rings. The molecule has 0 radical (unpaired) electrons. The average molecular weight is 259 g/mol. The number of fused-ring (bicyclic) bond motifs is 1. The number of nitrogens with zero attached hydrogens (tertiary/aromatic N) is 1. The zero-order valence-electron chi connectivity index (χ0n) is 12.0. The molecule has 1 aromatic carbocycles. The maximum atomic E-state index is 10.9. The predicted molar refractivity (Wildman–Crippen MR) is 77.6 cm³/mol.